The van der Waals surface area contributed by atoms with E-state index in [-0.39, 0.29) is 5.60 Å². The fourth-order valence-electron chi connectivity index (χ4n) is 3.10. The Morgan fingerprint density at radius 3 is 2.44 bits per heavy atom. The monoisotopic (exact) mass is 227 g/mol. The first kappa shape index (κ1) is 14.0. The molecule has 0 radical (unpaired) electrons. The number of nitrogens with one attached hydrogen (secondary N) is 1. The van der Waals surface area contributed by atoms with E-state index in [2.05, 4.69) is 26.1 Å². The Hall–Kier alpha value is -0.0800. The van der Waals surface area contributed by atoms with Crippen molar-refractivity contribution in [2.45, 2.75) is 77.4 Å². The van der Waals surface area contributed by atoms with Gasteiger partial charge in [0.2, 0.25) is 0 Å². The smallest absolute Gasteiger partial charge is 0.0651 e. The van der Waals surface area contributed by atoms with E-state index in [9.17, 15) is 5.11 Å². The van der Waals surface area contributed by atoms with Crippen LogP contribution in [0.1, 0.15) is 65.7 Å². The van der Waals surface area contributed by atoms with Crippen LogP contribution in [0.15, 0.2) is 0 Å². The summed E-state index contributed by atoms with van der Waals surface area (Å²) >= 11 is 0. The van der Waals surface area contributed by atoms with Gasteiger partial charge in [-0.2, -0.15) is 0 Å². The second kappa shape index (κ2) is 6.61. The van der Waals surface area contributed by atoms with Crippen molar-refractivity contribution in [1.29, 1.82) is 0 Å². The summed E-state index contributed by atoms with van der Waals surface area (Å²) < 4.78 is 0. The fourth-order valence-corrected chi connectivity index (χ4v) is 3.10. The molecule has 0 spiro atoms. The van der Waals surface area contributed by atoms with Gasteiger partial charge in [-0.25, -0.2) is 0 Å². The van der Waals surface area contributed by atoms with Gasteiger partial charge in [-0.15, -0.1) is 0 Å². The van der Waals surface area contributed by atoms with Crippen LogP contribution in [0, 0.1) is 5.92 Å². The van der Waals surface area contributed by atoms with E-state index in [1.54, 1.807) is 0 Å². The summed E-state index contributed by atoms with van der Waals surface area (Å²) in [5, 5.41) is 14.0. The first-order chi connectivity index (χ1) is 7.59. The van der Waals surface area contributed by atoms with Crippen molar-refractivity contribution in [2.24, 2.45) is 5.92 Å². The minimum Gasteiger partial charge on any atom is -0.390 e. The van der Waals surface area contributed by atoms with Crippen LogP contribution in [0.2, 0.25) is 0 Å². The maximum absolute atomic E-state index is 10.5. The molecule has 0 bridgehead atoms. The Morgan fingerprint density at radius 1 is 1.31 bits per heavy atom. The molecule has 1 aliphatic carbocycles. The van der Waals surface area contributed by atoms with Gasteiger partial charge in [0.25, 0.3) is 0 Å². The zero-order chi connectivity index (χ0) is 12.0. The van der Waals surface area contributed by atoms with E-state index in [4.69, 9.17) is 0 Å². The number of rotatable bonds is 6. The third-order valence-electron chi connectivity index (χ3n) is 3.92. The molecular weight excluding hydrogens is 198 g/mol. The molecule has 96 valence electrons. The van der Waals surface area contributed by atoms with Gasteiger partial charge in [0.15, 0.2) is 0 Å². The zero-order valence-electron chi connectivity index (χ0n) is 11.3. The average molecular weight is 227 g/mol. The molecule has 0 aromatic carbocycles. The van der Waals surface area contributed by atoms with E-state index in [1.165, 1.54) is 12.8 Å². The summed E-state index contributed by atoms with van der Waals surface area (Å²) in [5.41, 5.74) is -0.361. The topological polar surface area (TPSA) is 32.3 Å². The van der Waals surface area contributed by atoms with Crippen molar-refractivity contribution in [3.63, 3.8) is 0 Å². The van der Waals surface area contributed by atoms with Gasteiger partial charge in [0.1, 0.15) is 0 Å². The highest BCUT2D eigenvalue weighted by Gasteiger charge is 2.33. The lowest BCUT2D eigenvalue weighted by atomic mass is 9.76. The quantitative estimate of drug-likeness (QED) is 0.731. The molecule has 2 heteroatoms. The van der Waals surface area contributed by atoms with E-state index in [0.29, 0.717) is 12.0 Å². The van der Waals surface area contributed by atoms with E-state index in [1.807, 2.05) is 0 Å². The summed E-state index contributed by atoms with van der Waals surface area (Å²) in [6.07, 6.45) is 7.74. The maximum atomic E-state index is 10.5. The lowest BCUT2D eigenvalue weighted by Crippen LogP contribution is -2.42. The molecule has 0 aromatic heterocycles. The molecule has 1 unspecified atom stereocenters. The van der Waals surface area contributed by atoms with Gasteiger partial charge < -0.3 is 10.4 Å². The SMILES string of the molecule is CCCC(C)CC1(O)CCC(NCC)CC1. The van der Waals surface area contributed by atoms with Crippen molar-refractivity contribution in [1.82, 2.24) is 5.32 Å². The van der Waals surface area contributed by atoms with Crippen molar-refractivity contribution >= 4 is 0 Å². The largest absolute Gasteiger partial charge is 0.390 e. The lowest BCUT2D eigenvalue weighted by molar-refractivity contribution is -0.0230. The first-order valence-corrected chi connectivity index (χ1v) is 7.05. The van der Waals surface area contributed by atoms with E-state index < -0.39 is 0 Å². The Bertz CT molecular complexity index is 185. The minimum absolute atomic E-state index is 0.361. The molecule has 1 aliphatic rings. The summed E-state index contributed by atoms with van der Waals surface area (Å²) in [6.45, 7) is 7.71. The molecule has 16 heavy (non-hydrogen) atoms. The second-order valence-electron chi connectivity index (χ2n) is 5.65. The standard InChI is InChI=1S/C14H29NO/c1-4-6-12(3)11-14(16)9-7-13(8-10-14)15-5-2/h12-13,15-16H,4-11H2,1-3H3. The summed E-state index contributed by atoms with van der Waals surface area (Å²) in [7, 11) is 0. The highest BCUT2D eigenvalue weighted by molar-refractivity contribution is 4.88. The Morgan fingerprint density at radius 2 is 1.94 bits per heavy atom. The molecule has 1 saturated carbocycles. The normalized spacial score (nSPS) is 32.6. The van der Waals surface area contributed by atoms with Gasteiger partial charge in [-0.3, -0.25) is 0 Å². The Balaban J connectivity index is 2.31. The van der Waals surface area contributed by atoms with Crippen LogP contribution in [-0.4, -0.2) is 23.3 Å². The molecule has 0 aromatic rings. The van der Waals surface area contributed by atoms with E-state index >= 15 is 0 Å². The maximum Gasteiger partial charge on any atom is 0.0651 e. The summed E-state index contributed by atoms with van der Waals surface area (Å²) in [4.78, 5) is 0. The molecule has 0 amide bonds. The van der Waals surface area contributed by atoms with Crippen LogP contribution in [0.4, 0.5) is 0 Å². The van der Waals surface area contributed by atoms with E-state index in [0.717, 1.165) is 38.6 Å². The Labute approximate surface area is 101 Å². The predicted molar refractivity (Wildman–Crippen MR) is 69.6 cm³/mol. The van der Waals surface area contributed by atoms with Gasteiger partial charge in [-0.05, 0) is 44.6 Å². The highest BCUT2D eigenvalue weighted by atomic mass is 16.3. The van der Waals surface area contributed by atoms with Crippen LogP contribution in [0.25, 0.3) is 0 Å². The van der Waals surface area contributed by atoms with Gasteiger partial charge in [-0.1, -0.05) is 33.6 Å². The molecule has 1 fully saturated rings. The summed E-state index contributed by atoms with van der Waals surface area (Å²) in [6, 6.07) is 0.645. The Kier molecular flexibility index (Phi) is 5.77. The van der Waals surface area contributed by atoms with Crippen LogP contribution in [-0.2, 0) is 0 Å². The fraction of sp³-hybridized carbons (Fsp3) is 1.00. The highest BCUT2D eigenvalue weighted by Crippen LogP contribution is 2.34. The molecule has 0 saturated heterocycles. The summed E-state index contributed by atoms with van der Waals surface area (Å²) in [5.74, 6) is 0.672. The molecule has 1 atom stereocenters. The predicted octanol–water partition coefficient (Wildman–Crippen LogP) is 3.10. The zero-order valence-corrected chi connectivity index (χ0v) is 11.3. The van der Waals surface area contributed by atoms with Crippen molar-refractivity contribution < 1.29 is 5.11 Å². The second-order valence-corrected chi connectivity index (χ2v) is 5.65. The number of hydrogen-bond donors (Lipinski definition) is 2. The van der Waals surface area contributed by atoms with Crippen LogP contribution in [0.5, 0.6) is 0 Å². The minimum atomic E-state index is -0.361. The first-order valence-electron chi connectivity index (χ1n) is 7.05. The molecular formula is C14H29NO. The third-order valence-corrected chi connectivity index (χ3v) is 3.92. The van der Waals surface area contributed by atoms with Crippen molar-refractivity contribution in [3.05, 3.63) is 0 Å². The molecule has 2 nitrogen and oxygen atoms in total. The molecule has 0 heterocycles. The number of aliphatic hydroxyl groups is 1. The molecule has 0 aliphatic heterocycles. The van der Waals surface area contributed by atoms with Crippen molar-refractivity contribution in [2.75, 3.05) is 6.54 Å². The van der Waals surface area contributed by atoms with Gasteiger partial charge in [0.05, 0.1) is 5.60 Å². The lowest BCUT2D eigenvalue weighted by Gasteiger charge is -2.38. The third kappa shape index (κ3) is 4.42. The van der Waals surface area contributed by atoms with Gasteiger partial charge >= 0.3 is 0 Å². The molecule has 1 rings (SSSR count). The van der Waals surface area contributed by atoms with Gasteiger partial charge in [0, 0.05) is 6.04 Å². The van der Waals surface area contributed by atoms with Crippen LogP contribution in [0.3, 0.4) is 0 Å². The van der Waals surface area contributed by atoms with Crippen LogP contribution < -0.4 is 5.32 Å². The molecule has 2 N–H and O–H groups in total. The average Bonchev–Trinajstić information content (AvgIpc) is 2.22. The number of hydrogen-bond acceptors (Lipinski definition) is 2. The van der Waals surface area contributed by atoms with Crippen molar-refractivity contribution in [3.8, 4) is 0 Å². The van der Waals surface area contributed by atoms with Crippen LogP contribution >= 0.6 is 0 Å².